The molecule has 2 aliphatic rings. The second-order valence-electron chi connectivity index (χ2n) is 6.98. The second kappa shape index (κ2) is 6.42. The van der Waals surface area contributed by atoms with Crippen molar-refractivity contribution in [1.29, 1.82) is 0 Å². The summed E-state index contributed by atoms with van der Waals surface area (Å²) >= 11 is 0. The number of carbonyl (C=O) groups excluding carboxylic acids is 1. The standard InChI is InChI=1S/C17H22N2O5S/c1-17(16(21)22)8-11-18(12-17)15(20)13-4-6-14(7-5-13)25(23,24)19-9-2-3-10-19/h4-7H,2-3,8-12H2,1H3,(H,21,22). The van der Waals surface area contributed by atoms with Gasteiger partial charge in [-0.05, 0) is 50.5 Å². The molecular weight excluding hydrogens is 344 g/mol. The molecule has 1 aromatic rings. The van der Waals surface area contributed by atoms with Gasteiger partial charge in [-0.15, -0.1) is 0 Å². The van der Waals surface area contributed by atoms with E-state index >= 15 is 0 Å². The summed E-state index contributed by atoms with van der Waals surface area (Å²) in [6.45, 7) is 3.24. The highest BCUT2D eigenvalue weighted by Gasteiger charge is 2.42. The van der Waals surface area contributed by atoms with E-state index in [9.17, 15) is 23.1 Å². The van der Waals surface area contributed by atoms with Crippen molar-refractivity contribution in [2.75, 3.05) is 26.2 Å². The Balaban J connectivity index is 1.74. The number of carbonyl (C=O) groups is 2. The Morgan fingerprint density at radius 3 is 2.20 bits per heavy atom. The summed E-state index contributed by atoms with van der Waals surface area (Å²) in [5, 5.41) is 9.26. The summed E-state index contributed by atoms with van der Waals surface area (Å²) in [5.74, 6) is -1.18. The number of rotatable bonds is 4. The van der Waals surface area contributed by atoms with E-state index in [2.05, 4.69) is 0 Å². The molecule has 1 atom stereocenters. The quantitative estimate of drug-likeness (QED) is 0.869. The molecule has 2 saturated heterocycles. The fourth-order valence-electron chi connectivity index (χ4n) is 3.34. The first kappa shape index (κ1) is 17.9. The van der Waals surface area contributed by atoms with Crippen LogP contribution in [0.4, 0.5) is 0 Å². The monoisotopic (exact) mass is 366 g/mol. The lowest BCUT2D eigenvalue weighted by atomic mass is 9.90. The van der Waals surface area contributed by atoms with Crippen LogP contribution < -0.4 is 0 Å². The molecular formula is C17H22N2O5S. The van der Waals surface area contributed by atoms with Gasteiger partial charge in [0.1, 0.15) is 0 Å². The number of hydrogen-bond donors (Lipinski definition) is 1. The maximum Gasteiger partial charge on any atom is 0.311 e. The minimum Gasteiger partial charge on any atom is -0.481 e. The van der Waals surface area contributed by atoms with Gasteiger partial charge in [0.05, 0.1) is 10.3 Å². The van der Waals surface area contributed by atoms with Crippen molar-refractivity contribution in [2.24, 2.45) is 5.41 Å². The van der Waals surface area contributed by atoms with Gasteiger partial charge in [0.15, 0.2) is 0 Å². The van der Waals surface area contributed by atoms with Crippen molar-refractivity contribution in [2.45, 2.75) is 31.1 Å². The summed E-state index contributed by atoms with van der Waals surface area (Å²) in [4.78, 5) is 25.5. The highest BCUT2D eigenvalue weighted by Crippen LogP contribution is 2.31. The van der Waals surface area contributed by atoms with Crippen molar-refractivity contribution in [1.82, 2.24) is 9.21 Å². The van der Waals surface area contributed by atoms with E-state index in [1.165, 1.54) is 33.5 Å². The van der Waals surface area contributed by atoms with E-state index in [1.54, 1.807) is 6.92 Å². The van der Waals surface area contributed by atoms with Crippen molar-refractivity contribution in [3.8, 4) is 0 Å². The van der Waals surface area contributed by atoms with Crippen LogP contribution in [0.2, 0.25) is 0 Å². The Bertz CT molecular complexity index is 784. The minimum absolute atomic E-state index is 0.162. The Morgan fingerprint density at radius 2 is 1.68 bits per heavy atom. The van der Waals surface area contributed by atoms with Gasteiger partial charge in [-0.3, -0.25) is 9.59 Å². The topological polar surface area (TPSA) is 95.0 Å². The van der Waals surface area contributed by atoms with Gasteiger partial charge in [0.2, 0.25) is 10.0 Å². The molecule has 1 unspecified atom stereocenters. The van der Waals surface area contributed by atoms with E-state index in [-0.39, 0.29) is 17.3 Å². The third kappa shape index (κ3) is 3.28. The predicted octanol–water partition coefficient (Wildman–Crippen LogP) is 1.41. The van der Waals surface area contributed by atoms with Crippen molar-refractivity contribution >= 4 is 21.9 Å². The predicted molar refractivity (Wildman–Crippen MR) is 90.7 cm³/mol. The first-order valence-corrected chi connectivity index (χ1v) is 9.81. The van der Waals surface area contributed by atoms with Crippen LogP contribution in [0.5, 0.6) is 0 Å². The molecule has 3 rings (SSSR count). The summed E-state index contributed by atoms with van der Waals surface area (Å²) < 4.78 is 26.5. The van der Waals surface area contributed by atoms with E-state index in [1.807, 2.05) is 0 Å². The highest BCUT2D eigenvalue weighted by molar-refractivity contribution is 7.89. The SMILES string of the molecule is CC1(C(=O)O)CCN(C(=O)c2ccc(S(=O)(=O)N3CCCC3)cc2)C1. The second-order valence-corrected chi connectivity index (χ2v) is 8.92. The van der Waals surface area contributed by atoms with Gasteiger partial charge >= 0.3 is 5.97 Å². The molecule has 1 amide bonds. The maximum atomic E-state index is 12.5. The molecule has 0 saturated carbocycles. The zero-order chi connectivity index (χ0) is 18.2. The van der Waals surface area contributed by atoms with Crippen molar-refractivity contribution < 1.29 is 23.1 Å². The fraction of sp³-hybridized carbons (Fsp3) is 0.529. The molecule has 2 heterocycles. The number of benzene rings is 1. The molecule has 7 nitrogen and oxygen atoms in total. The largest absolute Gasteiger partial charge is 0.481 e. The number of aliphatic carboxylic acids is 1. The number of hydrogen-bond acceptors (Lipinski definition) is 4. The van der Waals surface area contributed by atoms with Gasteiger partial charge in [-0.2, -0.15) is 4.31 Å². The van der Waals surface area contributed by atoms with Crippen LogP contribution in [0.25, 0.3) is 0 Å². The Hall–Kier alpha value is -1.93. The molecule has 2 fully saturated rings. The van der Waals surface area contributed by atoms with Crippen LogP contribution in [-0.2, 0) is 14.8 Å². The number of carboxylic acid groups (broad SMARTS) is 1. The lowest BCUT2D eigenvalue weighted by Gasteiger charge is -2.20. The number of nitrogens with zero attached hydrogens (tertiary/aromatic N) is 2. The molecule has 0 aromatic heterocycles. The van der Waals surface area contributed by atoms with Gasteiger partial charge in [-0.1, -0.05) is 0 Å². The Morgan fingerprint density at radius 1 is 1.08 bits per heavy atom. The normalized spacial score (nSPS) is 24.6. The number of carboxylic acids is 1. The summed E-state index contributed by atoms with van der Waals surface area (Å²) in [6.07, 6.45) is 2.15. The van der Waals surface area contributed by atoms with Gasteiger partial charge in [0.25, 0.3) is 5.91 Å². The fourth-order valence-corrected chi connectivity index (χ4v) is 4.86. The lowest BCUT2D eigenvalue weighted by molar-refractivity contribution is -0.147. The average Bonchev–Trinajstić information content (AvgIpc) is 3.25. The molecule has 0 spiro atoms. The van der Waals surface area contributed by atoms with Crippen LogP contribution in [0, 0.1) is 5.41 Å². The van der Waals surface area contributed by atoms with Gasteiger partial charge < -0.3 is 10.0 Å². The average molecular weight is 366 g/mol. The van der Waals surface area contributed by atoms with E-state index in [0.29, 0.717) is 31.6 Å². The molecule has 0 radical (unpaired) electrons. The third-order valence-corrected chi connectivity index (χ3v) is 6.99. The molecule has 1 aromatic carbocycles. The van der Waals surface area contributed by atoms with Crippen LogP contribution in [0.15, 0.2) is 29.2 Å². The van der Waals surface area contributed by atoms with Crippen LogP contribution in [-0.4, -0.2) is 60.8 Å². The van der Waals surface area contributed by atoms with E-state index < -0.39 is 21.4 Å². The number of amides is 1. The number of likely N-dealkylation sites (tertiary alicyclic amines) is 1. The summed E-state index contributed by atoms with van der Waals surface area (Å²) in [6, 6.07) is 5.91. The Labute approximate surface area is 147 Å². The molecule has 2 aliphatic heterocycles. The summed E-state index contributed by atoms with van der Waals surface area (Å²) in [7, 11) is -3.50. The molecule has 136 valence electrons. The first-order chi connectivity index (χ1) is 11.7. The molecule has 1 N–H and O–H groups in total. The Kier molecular flexibility index (Phi) is 4.59. The minimum atomic E-state index is -3.50. The zero-order valence-electron chi connectivity index (χ0n) is 14.1. The molecule has 8 heteroatoms. The smallest absolute Gasteiger partial charge is 0.311 e. The molecule has 0 aliphatic carbocycles. The molecule has 25 heavy (non-hydrogen) atoms. The third-order valence-electron chi connectivity index (χ3n) is 5.08. The van der Waals surface area contributed by atoms with Crippen LogP contribution >= 0.6 is 0 Å². The maximum absolute atomic E-state index is 12.5. The zero-order valence-corrected chi connectivity index (χ0v) is 15.0. The van der Waals surface area contributed by atoms with E-state index in [0.717, 1.165) is 12.8 Å². The lowest BCUT2D eigenvalue weighted by Crippen LogP contribution is -2.34. The van der Waals surface area contributed by atoms with Crippen LogP contribution in [0.1, 0.15) is 36.5 Å². The van der Waals surface area contributed by atoms with Crippen molar-refractivity contribution in [3.05, 3.63) is 29.8 Å². The first-order valence-electron chi connectivity index (χ1n) is 8.37. The van der Waals surface area contributed by atoms with Gasteiger partial charge in [-0.25, -0.2) is 8.42 Å². The van der Waals surface area contributed by atoms with Crippen LogP contribution in [0.3, 0.4) is 0 Å². The van der Waals surface area contributed by atoms with E-state index in [4.69, 9.17) is 0 Å². The van der Waals surface area contributed by atoms with Crippen molar-refractivity contribution in [3.63, 3.8) is 0 Å². The number of sulfonamides is 1. The summed E-state index contributed by atoms with van der Waals surface area (Å²) in [5.41, 5.74) is -0.552. The van der Waals surface area contributed by atoms with Gasteiger partial charge in [0, 0.05) is 31.7 Å². The molecule has 0 bridgehead atoms. The highest BCUT2D eigenvalue weighted by atomic mass is 32.2.